The first-order valence-electron chi connectivity index (χ1n) is 8.02. The van der Waals surface area contributed by atoms with Gasteiger partial charge in [0.15, 0.2) is 0 Å². The Morgan fingerprint density at radius 2 is 1.78 bits per heavy atom. The largest absolute Gasteiger partial charge is 0.508 e. The second-order valence-electron chi connectivity index (χ2n) is 5.73. The van der Waals surface area contributed by atoms with Gasteiger partial charge in [0.05, 0.1) is 4.91 Å². The lowest BCUT2D eigenvalue weighted by atomic mass is 10.2. The molecular formula is C19H15FN2O4S. The number of phenols is 1. The van der Waals surface area contributed by atoms with Gasteiger partial charge in [-0.25, -0.2) is 4.39 Å². The summed E-state index contributed by atoms with van der Waals surface area (Å²) in [5, 5.41) is 11.4. The van der Waals surface area contributed by atoms with Crippen LogP contribution in [-0.2, 0) is 9.59 Å². The van der Waals surface area contributed by atoms with E-state index in [2.05, 4.69) is 5.32 Å². The van der Waals surface area contributed by atoms with Gasteiger partial charge in [-0.1, -0.05) is 12.1 Å². The van der Waals surface area contributed by atoms with Gasteiger partial charge >= 0.3 is 0 Å². The lowest BCUT2D eigenvalue weighted by Crippen LogP contribution is -2.31. The zero-order chi connectivity index (χ0) is 19.4. The molecule has 1 saturated heterocycles. The van der Waals surface area contributed by atoms with Gasteiger partial charge < -0.3 is 10.4 Å². The van der Waals surface area contributed by atoms with Gasteiger partial charge in [-0.3, -0.25) is 19.3 Å². The van der Waals surface area contributed by atoms with E-state index in [0.717, 1.165) is 16.7 Å². The van der Waals surface area contributed by atoms with E-state index in [4.69, 9.17) is 0 Å². The number of thioether (sulfide) groups is 1. The molecule has 1 fully saturated rings. The molecule has 0 radical (unpaired) electrons. The summed E-state index contributed by atoms with van der Waals surface area (Å²) in [5.41, 5.74) is 1.11. The molecule has 0 bridgehead atoms. The number of carbonyl (C=O) groups excluding carboxylic acids is 3. The number of anilines is 1. The first-order chi connectivity index (χ1) is 12.9. The molecule has 3 amide bonds. The van der Waals surface area contributed by atoms with E-state index in [0.29, 0.717) is 11.3 Å². The molecular weight excluding hydrogens is 371 g/mol. The van der Waals surface area contributed by atoms with E-state index >= 15 is 0 Å². The zero-order valence-electron chi connectivity index (χ0n) is 14.0. The van der Waals surface area contributed by atoms with E-state index < -0.39 is 11.1 Å². The van der Waals surface area contributed by atoms with Crippen LogP contribution in [-0.4, -0.2) is 33.6 Å². The fraction of sp³-hybridized carbons (Fsp3) is 0.105. The minimum absolute atomic E-state index is 0.0463. The lowest BCUT2D eigenvalue weighted by molar-refractivity contribution is -0.123. The Morgan fingerprint density at radius 1 is 1.11 bits per heavy atom. The highest BCUT2D eigenvalue weighted by Crippen LogP contribution is 2.32. The Balaban J connectivity index is 1.59. The topological polar surface area (TPSA) is 86.7 Å². The Bertz CT molecular complexity index is 910. The van der Waals surface area contributed by atoms with Crippen molar-refractivity contribution < 1.29 is 23.9 Å². The second kappa shape index (κ2) is 8.05. The average Bonchev–Trinajstić information content (AvgIpc) is 2.90. The molecule has 2 aromatic rings. The number of rotatable bonds is 5. The molecule has 1 aliphatic heterocycles. The molecule has 0 unspecified atom stereocenters. The van der Waals surface area contributed by atoms with Crippen LogP contribution in [0.5, 0.6) is 5.75 Å². The third-order valence-corrected chi connectivity index (χ3v) is 4.66. The quantitative estimate of drug-likeness (QED) is 0.606. The van der Waals surface area contributed by atoms with Crippen LogP contribution < -0.4 is 5.32 Å². The number of aromatic hydroxyl groups is 1. The maximum atomic E-state index is 12.9. The fourth-order valence-electron chi connectivity index (χ4n) is 2.38. The summed E-state index contributed by atoms with van der Waals surface area (Å²) in [7, 11) is 0. The Kier molecular flexibility index (Phi) is 5.56. The van der Waals surface area contributed by atoms with Crippen LogP contribution >= 0.6 is 11.8 Å². The summed E-state index contributed by atoms with van der Waals surface area (Å²) in [4.78, 5) is 37.7. The molecule has 1 aliphatic rings. The predicted octanol–water partition coefficient (Wildman–Crippen LogP) is 3.60. The van der Waals surface area contributed by atoms with Crippen molar-refractivity contribution in [2.45, 2.75) is 6.42 Å². The molecule has 0 saturated carbocycles. The standard InChI is InChI=1S/C19H15FN2O4S/c20-13-3-1-12(2-4-13)11-16-18(25)22(19(26)27-16)10-9-17(24)21-14-5-7-15(23)8-6-14/h1-8,11,23H,9-10H2,(H,21,24)/b16-11-. The SMILES string of the molecule is O=C(CCN1C(=O)S/C(=C\c2ccc(F)cc2)C1=O)Nc1ccc(O)cc1. The van der Waals surface area contributed by atoms with Crippen molar-refractivity contribution in [3.05, 3.63) is 64.8 Å². The Morgan fingerprint density at radius 3 is 2.44 bits per heavy atom. The van der Waals surface area contributed by atoms with Crippen LogP contribution in [0.2, 0.25) is 0 Å². The molecule has 27 heavy (non-hydrogen) atoms. The number of halogens is 1. The molecule has 6 nitrogen and oxygen atoms in total. The first-order valence-corrected chi connectivity index (χ1v) is 8.84. The van der Waals surface area contributed by atoms with Crippen molar-refractivity contribution in [3.8, 4) is 5.75 Å². The van der Waals surface area contributed by atoms with E-state index in [9.17, 15) is 23.9 Å². The van der Waals surface area contributed by atoms with Gasteiger partial charge in [-0.2, -0.15) is 0 Å². The highest BCUT2D eigenvalue weighted by atomic mass is 32.2. The van der Waals surface area contributed by atoms with Gasteiger partial charge in [-0.05, 0) is 59.8 Å². The van der Waals surface area contributed by atoms with Crippen molar-refractivity contribution in [2.75, 3.05) is 11.9 Å². The van der Waals surface area contributed by atoms with E-state index in [1.165, 1.54) is 42.5 Å². The molecule has 2 N–H and O–H groups in total. The number of carbonyl (C=O) groups is 3. The number of imide groups is 1. The first kappa shape index (κ1) is 18.7. The number of nitrogens with zero attached hydrogens (tertiary/aromatic N) is 1. The van der Waals surface area contributed by atoms with Gasteiger partial charge in [0.25, 0.3) is 11.1 Å². The van der Waals surface area contributed by atoms with Crippen LogP contribution in [0, 0.1) is 5.82 Å². The van der Waals surface area contributed by atoms with Crippen molar-refractivity contribution in [2.24, 2.45) is 0 Å². The maximum Gasteiger partial charge on any atom is 0.293 e. The Hall–Kier alpha value is -3.13. The van der Waals surface area contributed by atoms with Crippen LogP contribution in [0.3, 0.4) is 0 Å². The molecule has 8 heteroatoms. The van der Waals surface area contributed by atoms with Gasteiger partial charge in [-0.15, -0.1) is 0 Å². The normalized spacial score (nSPS) is 15.4. The second-order valence-corrected chi connectivity index (χ2v) is 6.72. The maximum absolute atomic E-state index is 12.9. The van der Waals surface area contributed by atoms with Crippen LogP contribution in [0.4, 0.5) is 14.9 Å². The number of nitrogens with one attached hydrogen (secondary N) is 1. The van der Waals surface area contributed by atoms with Crippen LogP contribution in [0.15, 0.2) is 53.4 Å². The molecule has 1 heterocycles. The average molecular weight is 386 g/mol. The minimum Gasteiger partial charge on any atom is -0.508 e. The fourth-order valence-corrected chi connectivity index (χ4v) is 3.25. The summed E-state index contributed by atoms with van der Waals surface area (Å²) in [5.74, 6) is -1.15. The summed E-state index contributed by atoms with van der Waals surface area (Å²) in [6, 6.07) is 11.5. The third kappa shape index (κ3) is 4.73. The summed E-state index contributed by atoms with van der Waals surface area (Å²) >= 11 is 0.783. The van der Waals surface area contributed by atoms with E-state index in [1.807, 2.05) is 0 Å². The predicted molar refractivity (Wildman–Crippen MR) is 100 cm³/mol. The molecule has 0 spiro atoms. The van der Waals surface area contributed by atoms with Crippen molar-refractivity contribution in [1.29, 1.82) is 0 Å². The highest BCUT2D eigenvalue weighted by molar-refractivity contribution is 8.18. The van der Waals surface area contributed by atoms with Crippen molar-refractivity contribution >= 4 is 40.6 Å². The highest BCUT2D eigenvalue weighted by Gasteiger charge is 2.35. The molecule has 0 atom stereocenters. The Labute approximate surface area is 158 Å². The van der Waals surface area contributed by atoms with Gasteiger partial charge in [0.1, 0.15) is 11.6 Å². The van der Waals surface area contributed by atoms with Crippen molar-refractivity contribution in [1.82, 2.24) is 4.90 Å². The van der Waals surface area contributed by atoms with Gasteiger partial charge in [0, 0.05) is 18.7 Å². The van der Waals surface area contributed by atoms with Crippen molar-refractivity contribution in [3.63, 3.8) is 0 Å². The number of phenolic OH excluding ortho intramolecular Hbond substituents is 1. The van der Waals surface area contributed by atoms with Crippen LogP contribution in [0.25, 0.3) is 6.08 Å². The van der Waals surface area contributed by atoms with Crippen LogP contribution in [0.1, 0.15) is 12.0 Å². The number of amides is 3. The number of hydrogen-bond donors (Lipinski definition) is 2. The van der Waals surface area contributed by atoms with Gasteiger partial charge in [0.2, 0.25) is 5.91 Å². The van der Waals surface area contributed by atoms with E-state index in [-0.39, 0.29) is 35.3 Å². The lowest BCUT2D eigenvalue weighted by Gasteiger charge is -2.12. The smallest absolute Gasteiger partial charge is 0.293 e. The third-order valence-electron chi connectivity index (χ3n) is 3.75. The molecule has 2 aromatic carbocycles. The summed E-state index contributed by atoms with van der Waals surface area (Å²) in [6.07, 6.45) is 1.46. The molecule has 0 aliphatic carbocycles. The summed E-state index contributed by atoms with van der Waals surface area (Å²) < 4.78 is 12.9. The number of hydrogen-bond acceptors (Lipinski definition) is 5. The number of benzene rings is 2. The monoisotopic (exact) mass is 386 g/mol. The molecule has 138 valence electrons. The molecule has 3 rings (SSSR count). The minimum atomic E-state index is -0.480. The summed E-state index contributed by atoms with van der Waals surface area (Å²) in [6.45, 7) is -0.0463. The zero-order valence-corrected chi connectivity index (χ0v) is 14.8. The van der Waals surface area contributed by atoms with E-state index in [1.54, 1.807) is 12.1 Å². The molecule has 0 aromatic heterocycles.